The molecule has 0 bridgehead atoms. The molecule has 0 saturated heterocycles. The number of anilines is 1. The highest BCUT2D eigenvalue weighted by Crippen LogP contribution is 2.30. The summed E-state index contributed by atoms with van der Waals surface area (Å²) in [4.78, 5) is 23.7. The molecule has 7 heteroatoms. The number of rotatable bonds is 6. The highest BCUT2D eigenvalue weighted by atomic mass is 79.9. The minimum absolute atomic E-state index is 0.0541. The van der Waals surface area contributed by atoms with E-state index in [0.717, 1.165) is 12.8 Å². The largest absolute Gasteiger partial charge is 0.374 e. The third kappa shape index (κ3) is 3.39. The summed E-state index contributed by atoms with van der Waals surface area (Å²) in [5.74, 6) is 0.539. The van der Waals surface area contributed by atoms with Crippen molar-refractivity contribution in [1.29, 1.82) is 0 Å². The van der Waals surface area contributed by atoms with Crippen LogP contribution in [-0.4, -0.2) is 28.3 Å². The number of amides is 1. The topological polar surface area (TPSA) is 76.0 Å². The van der Waals surface area contributed by atoms with Crippen molar-refractivity contribution in [2.45, 2.75) is 38.3 Å². The predicted octanol–water partition coefficient (Wildman–Crippen LogP) is 1.11. The van der Waals surface area contributed by atoms with Gasteiger partial charge in [-0.1, -0.05) is 0 Å². The van der Waals surface area contributed by atoms with E-state index in [0.29, 0.717) is 28.7 Å². The Morgan fingerprint density at radius 3 is 2.80 bits per heavy atom. The molecule has 2 fully saturated rings. The van der Waals surface area contributed by atoms with Crippen LogP contribution in [-0.2, 0) is 11.3 Å². The summed E-state index contributed by atoms with van der Waals surface area (Å²) in [6.07, 6.45) is 6.07. The van der Waals surface area contributed by atoms with Crippen molar-refractivity contribution in [1.82, 2.24) is 15.1 Å². The number of hydrogen-bond acceptors (Lipinski definition) is 4. The number of nitrogens with zero attached hydrogens (tertiary/aromatic N) is 2. The van der Waals surface area contributed by atoms with E-state index in [-0.39, 0.29) is 18.0 Å². The number of hydrogen-bond donors (Lipinski definition) is 2. The lowest BCUT2D eigenvalue weighted by molar-refractivity contribution is -0.119. The van der Waals surface area contributed by atoms with Crippen molar-refractivity contribution in [3.05, 3.63) is 21.0 Å². The van der Waals surface area contributed by atoms with E-state index >= 15 is 0 Å². The molecule has 108 valence electrons. The van der Waals surface area contributed by atoms with Gasteiger partial charge in [0.25, 0.3) is 5.56 Å². The van der Waals surface area contributed by atoms with Crippen LogP contribution in [0.1, 0.15) is 25.7 Å². The third-order valence-corrected chi connectivity index (χ3v) is 4.26. The lowest BCUT2D eigenvalue weighted by Crippen LogP contribution is -2.32. The van der Waals surface area contributed by atoms with Crippen LogP contribution in [0.3, 0.4) is 0 Å². The average molecular weight is 341 g/mol. The Morgan fingerprint density at radius 2 is 2.15 bits per heavy atom. The third-order valence-electron chi connectivity index (χ3n) is 3.49. The fourth-order valence-electron chi connectivity index (χ4n) is 1.95. The van der Waals surface area contributed by atoms with E-state index in [1.807, 2.05) is 0 Å². The van der Waals surface area contributed by atoms with E-state index in [9.17, 15) is 9.59 Å². The number of halogens is 1. The fourth-order valence-corrected chi connectivity index (χ4v) is 2.39. The minimum Gasteiger partial charge on any atom is -0.374 e. The molecule has 1 heterocycles. The number of carbonyl (C=O) groups is 1. The fraction of sp³-hybridized carbons (Fsp3) is 0.615. The Morgan fingerprint density at radius 1 is 1.40 bits per heavy atom. The molecular weight excluding hydrogens is 324 g/mol. The van der Waals surface area contributed by atoms with Crippen LogP contribution in [0, 0.1) is 5.92 Å². The van der Waals surface area contributed by atoms with Gasteiger partial charge in [-0.15, -0.1) is 0 Å². The van der Waals surface area contributed by atoms with Crippen LogP contribution in [0.15, 0.2) is 15.5 Å². The van der Waals surface area contributed by atoms with Gasteiger partial charge in [0.15, 0.2) is 0 Å². The van der Waals surface area contributed by atoms with E-state index in [1.54, 1.807) is 6.20 Å². The summed E-state index contributed by atoms with van der Waals surface area (Å²) in [6, 6.07) is 0.345. The number of aromatic nitrogens is 2. The van der Waals surface area contributed by atoms with Crippen molar-refractivity contribution in [2.75, 3.05) is 11.9 Å². The number of carbonyl (C=O) groups excluding carboxylic acids is 1. The molecule has 0 aromatic carbocycles. The monoisotopic (exact) mass is 340 g/mol. The molecule has 0 aliphatic heterocycles. The number of nitrogens with one attached hydrogen (secondary N) is 2. The zero-order valence-corrected chi connectivity index (χ0v) is 12.6. The van der Waals surface area contributed by atoms with Gasteiger partial charge in [0.05, 0.1) is 18.4 Å². The maximum atomic E-state index is 12.1. The van der Waals surface area contributed by atoms with Crippen LogP contribution in [0.5, 0.6) is 0 Å². The molecule has 2 saturated carbocycles. The van der Waals surface area contributed by atoms with Gasteiger partial charge in [0.2, 0.25) is 5.91 Å². The highest BCUT2D eigenvalue weighted by molar-refractivity contribution is 9.10. The van der Waals surface area contributed by atoms with Gasteiger partial charge in [0.1, 0.15) is 4.47 Å². The Bertz CT molecular complexity index is 578. The van der Waals surface area contributed by atoms with Crippen molar-refractivity contribution >= 4 is 27.5 Å². The molecule has 1 amide bonds. The molecule has 2 aliphatic rings. The molecule has 2 aliphatic carbocycles. The molecule has 0 atom stereocenters. The molecule has 3 rings (SSSR count). The van der Waals surface area contributed by atoms with E-state index in [2.05, 4.69) is 31.7 Å². The van der Waals surface area contributed by atoms with E-state index in [4.69, 9.17) is 0 Å². The molecule has 0 unspecified atom stereocenters. The van der Waals surface area contributed by atoms with Crippen molar-refractivity contribution in [2.24, 2.45) is 5.92 Å². The summed E-state index contributed by atoms with van der Waals surface area (Å²) in [5.41, 5.74) is 0.414. The van der Waals surface area contributed by atoms with Gasteiger partial charge in [-0.3, -0.25) is 9.59 Å². The molecule has 1 aromatic heterocycles. The average Bonchev–Trinajstić information content (AvgIpc) is 3.30. The molecule has 1 aromatic rings. The van der Waals surface area contributed by atoms with Gasteiger partial charge < -0.3 is 10.6 Å². The summed E-state index contributed by atoms with van der Waals surface area (Å²) < 4.78 is 1.92. The van der Waals surface area contributed by atoms with Gasteiger partial charge in [-0.2, -0.15) is 5.10 Å². The first kappa shape index (κ1) is 13.6. The summed E-state index contributed by atoms with van der Waals surface area (Å²) in [7, 11) is 0. The first-order chi connectivity index (χ1) is 9.63. The first-order valence-corrected chi connectivity index (χ1v) is 7.71. The van der Waals surface area contributed by atoms with E-state index in [1.165, 1.54) is 17.5 Å². The Hall–Kier alpha value is -1.37. The Balaban J connectivity index is 1.61. The maximum Gasteiger partial charge on any atom is 0.283 e. The maximum absolute atomic E-state index is 12.1. The molecule has 2 N–H and O–H groups in total. The SMILES string of the molecule is O=C(CNc1cnn(CC2CC2)c(=O)c1Br)NC1CC1. The van der Waals surface area contributed by atoms with E-state index < -0.39 is 0 Å². The second kappa shape index (κ2) is 5.55. The first-order valence-electron chi connectivity index (χ1n) is 6.92. The summed E-state index contributed by atoms with van der Waals surface area (Å²) in [6.45, 7) is 0.836. The standard InChI is InChI=1S/C13H17BrN4O2/c14-12-10(15-6-11(19)17-9-3-4-9)5-16-18(13(12)20)7-8-1-2-8/h5,8-9,15H,1-4,6-7H2,(H,17,19). The van der Waals surface area contributed by atoms with Crippen molar-refractivity contribution < 1.29 is 4.79 Å². The van der Waals surface area contributed by atoms with Crippen LogP contribution in [0.2, 0.25) is 0 Å². The van der Waals surface area contributed by atoms with Gasteiger partial charge in [0, 0.05) is 12.6 Å². The normalized spacial score (nSPS) is 17.9. The Labute approximate surface area is 125 Å². The highest BCUT2D eigenvalue weighted by Gasteiger charge is 2.24. The lowest BCUT2D eigenvalue weighted by atomic mass is 10.4. The quantitative estimate of drug-likeness (QED) is 0.813. The van der Waals surface area contributed by atoms with Crippen LogP contribution >= 0.6 is 15.9 Å². The van der Waals surface area contributed by atoms with Gasteiger partial charge in [-0.05, 0) is 47.5 Å². The molecule has 0 radical (unpaired) electrons. The van der Waals surface area contributed by atoms with Gasteiger partial charge >= 0.3 is 0 Å². The predicted molar refractivity (Wildman–Crippen MR) is 78.6 cm³/mol. The lowest BCUT2D eigenvalue weighted by Gasteiger charge is -2.10. The van der Waals surface area contributed by atoms with Crippen LogP contribution < -0.4 is 16.2 Å². The second-order valence-corrected chi connectivity index (χ2v) is 6.29. The summed E-state index contributed by atoms with van der Waals surface area (Å²) >= 11 is 3.29. The van der Waals surface area contributed by atoms with Gasteiger partial charge in [-0.25, -0.2) is 4.68 Å². The van der Waals surface area contributed by atoms with Crippen molar-refractivity contribution in [3.63, 3.8) is 0 Å². The van der Waals surface area contributed by atoms with Crippen LogP contribution in [0.25, 0.3) is 0 Å². The Kier molecular flexibility index (Phi) is 3.78. The molecule has 6 nitrogen and oxygen atoms in total. The van der Waals surface area contributed by atoms with Crippen LogP contribution in [0.4, 0.5) is 5.69 Å². The summed E-state index contributed by atoms with van der Waals surface area (Å²) in [5, 5.41) is 9.98. The minimum atomic E-state index is -0.149. The second-order valence-electron chi connectivity index (χ2n) is 5.50. The molecule has 0 spiro atoms. The smallest absolute Gasteiger partial charge is 0.283 e. The van der Waals surface area contributed by atoms with Crippen molar-refractivity contribution in [3.8, 4) is 0 Å². The zero-order chi connectivity index (χ0) is 14.1. The molecule has 20 heavy (non-hydrogen) atoms. The molecular formula is C13H17BrN4O2. The zero-order valence-electron chi connectivity index (χ0n) is 11.1.